The van der Waals surface area contributed by atoms with Crippen molar-refractivity contribution in [2.24, 2.45) is 5.92 Å². The molecule has 7 heteroatoms. The van der Waals surface area contributed by atoms with E-state index in [4.69, 9.17) is 14.6 Å². The highest BCUT2D eigenvalue weighted by molar-refractivity contribution is 5.74. The van der Waals surface area contributed by atoms with E-state index < -0.39 is 5.97 Å². The number of carboxylic acids is 1. The lowest BCUT2D eigenvalue weighted by molar-refractivity contribution is -0.138. The van der Waals surface area contributed by atoms with Gasteiger partial charge in [-0.3, -0.25) is 4.79 Å². The van der Waals surface area contributed by atoms with Gasteiger partial charge in [-0.2, -0.15) is 0 Å². The zero-order chi connectivity index (χ0) is 14.4. The molecule has 2 aliphatic rings. The number of nitrogens with one attached hydrogen (secondary N) is 1. The number of rotatable bonds is 4. The number of amides is 2. The SMILES string of the molecule is O=C(O)CC1CCN(C(=O)NCC2COCCO2)CC1. The summed E-state index contributed by atoms with van der Waals surface area (Å²) in [4.78, 5) is 24.4. The van der Waals surface area contributed by atoms with E-state index in [0.717, 1.165) is 12.8 Å². The fraction of sp³-hybridized carbons (Fsp3) is 0.846. The van der Waals surface area contributed by atoms with Crippen LogP contribution in [0.25, 0.3) is 0 Å². The first-order valence-electron chi connectivity index (χ1n) is 7.09. The van der Waals surface area contributed by atoms with Crippen LogP contribution in [0.4, 0.5) is 4.79 Å². The van der Waals surface area contributed by atoms with E-state index in [0.29, 0.717) is 39.5 Å². The molecular formula is C13H22N2O5. The lowest BCUT2D eigenvalue weighted by Gasteiger charge is -2.32. The van der Waals surface area contributed by atoms with Crippen LogP contribution in [0.15, 0.2) is 0 Å². The molecule has 0 spiro atoms. The summed E-state index contributed by atoms with van der Waals surface area (Å²) < 4.78 is 10.7. The van der Waals surface area contributed by atoms with Gasteiger partial charge in [0.15, 0.2) is 0 Å². The molecule has 0 radical (unpaired) electrons. The minimum atomic E-state index is -0.762. The molecule has 2 rings (SSSR count). The molecule has 0 aromatic carbocycles. The minimum absolute atomic E-state index is 0.0720. The van der Waals surface area contributed by atoms with Crippen LogP contribution in [-0.2, 0) is 14.3 Å². The predicted octanol–water partition coefficient (Wildman–Crippen LogP) is 0.298. The maximum Gasteiger partial charge on any atom is 0.317 e. The fourth-order valence-corrected chi connectivity index (χ4v) is 2.55. The Morgan fingerprint density at radius 1 is 1.25 bits per heavy atom. The molecule has 2 aliphatic heterocycles. The van der Waals surface area contributed by atoms with Gasteiger partial charge in [0.25, 0.3) is 0 Å². The number of nitrogens with zero attached hydrogens (tertiary/aromatic N) is 1. The number of urea groups is 1. The molecule has 7 nitrogen and oxygen atoms in total. The van der Waals surface area contributed by atoms with Gasteiger partial charge in [-0.05, 0) is 18.8 Å². The number of carboxylic acid groups (broad SMARTS) is 1. The van der Waals surface area contributed by atoms with Crippen LogP contribution in [0.5, 0.6) is 0 Å². The Morgan fingerprint density at radius 3 is 2.60 bits per heavy atom. The van der Waals surface area contributed by atoms with Gasteiger partial charge in [0.2, 0.25) is 0 Å². The third-order valence-corrected chi connectivity index (χ3v) is 3.73. The van der Waals surface area contributed by atoms with Crippen molar-refractivity contribution in [3.8, 4) is 0 Å². The molecule has 1 unspecified atom stereocenters. The molecule has 1 atom stereocenters. The van der Waals surface area contributed by atoms with E-state index in [1.807, 2.05) is 0 Å². The summed E-state index contributed by atoms with van der Waals surface area (Å²) in [5.74, 6) is -0.575. The van der Waals surface area contributed by atoms with E-state index >= 15 is 0 Å². The molecule has 0 bridgehead atoms. The summed E-state index contributed by atoms with van der Waals surface area (Å²) in [7, 11) is 0. The van der Waals surface area contributed by atoms with Crippen LogP contribution in [-0.4, -0.2) is 67.6 Å². The van der Waals surface area contributed by atoms with Crippen molar-refractivity contribution >= 4 is 12.0 Å². The number of ether oxygens (including phenoxy) is 2. The van der Waals surface area contributed by atoms with Crippen molar-refractivity contribution < 1.29 is 24.2 Å². The normalized spacial score (nSPS) is 24.4. The topological polar surface area (TPSA) is 88.1 Å². The van der Waals surface area contributed by atoms with Crippen molar-refractivity contribution in [3.05, 3.63) is 0 Å². The Bertz CT molecular complexity index is 336. The second kappa shape index (κ2) is 7.44. The Morgan fingerprint density at radius 2 is 2.00 bits per heavy atom. The van der Waals surface area contributed by atoms with Gasteiger partial charge in [-0.1, -0.05) is 0 Å². The molecule has 0 aliphatic carbocycles. The van der Waals surface area contributed by atoms with Gasteiger partial charge in [0.1, 0.15) is 0 Å². The molecule has 2 amide bonds. The summed E-state index contributed by atoms with van der Waals surface area (Å²) in [6.45, 7) is 3.38. The van der Waals surface area contributed by atoms with E-state index in [9.17, 15) is 9.59 Å². The first kappa shape index (κ1) is 15.1. The Hall–Kier alpha value is -1.34. The van der Waals surface area contributed by atoms with Gasteiger partial charge in [-0.25, -0.2) is 4.79 Å². The lowest BCUT2D eigenvalue weighted by Crippen LogP contribution is -2.48. The average Bonchev–Trinajstić information content (AvgIpc) is 2.46. The van der Waals surface area contributed by atoms with Crippen molar-refractivity contribution in [2.45, 2.75) is 25.4 Å². The van der Waals surface area contributed by atoms with E-state index in [-0.39, 0.29) is 24.5 Å². The Labute approximate surface area is 118 Å². The number of hydrogen-bond donors (Lipinski definition) is 2. The van der Waals surface area contributed by atoms with E-state index in [1.165, 1.54) is 0 Å². The van der Waals surface area contributed by atoms with Gasteiger partial charge in [0.05, 0.1) is 25.9 Å². The van der Waals surface area contributed by atoms with Gasteiger partial charge < -0.3 is 24.8 Å². The predicted molar refractivity (Wildman–Crippen MR) is 70.5 cm³/mol. The summed E-state index contributed by atoms with van der Waals surface area (Å²) in [5, 5.41) is 11.6. The number of piperidine rings is 1. The molecule has 2 fully saturated rings. The second-order valence-electron chi connectivity index (χ2n) is 5.28. The highest BCUT2D eigenvalue weighted by atomic mass is 16.6. The van der Waals surface area contributed by atoms with Crippen LogP contribution >= 0.6 is 0 Å². The Kier molecular flexibility index (Phi) is 5.60. The van der Waals surface area contributed by atoms with Gasteiger partial charge in [-0.15, -0.1) is 0 Å². The number of likely N-dealkylation sites (tertiary alicyclic amines) is 1. The van der Waals surface area contributed by atoms with Crippen LogP contribution in [0, 0.1) is 5.92 Å². The Balaban J connectivity index is 1.65. The van der Waals surface area contributed by atoms with Crippen LogP contribution < -0.4 is 5.32 Å². The molecule has 114 valence electrons. The summed E-state index contributed by atoms with van der Waals surface area (Å²) in [6.07, 6.45) is 1.63. The smallest absolute Gasteiger partial charge is 0.317 e. The zero-order valence-electron chi connectivity index (χ0n) is 11.5. The summed E-state index contributed by atoms with van der Waals surface area (Å²) in [5.41, 5.74) is 0. The standard InChI is InChI=1S/C13H22N2O5/c16-12(17)7-10-1-3-15(4-2-10)13(18)14-8-11-9-19-5-6-20-11/h10-11H,1-9H2,(H,14,18)(H,16,17). The quantitative estimate of drug-likeness (QED) is 0.776. The van der Waals surface area contributed by atoms with Crippen LogP contribution in [0.3, 0.4) is 0 Å². The highest BCUT2D eigenvalue weighted by Gasteiger charge is 2.25. The third-order valence-electron chi connectivity index (χ3n) is 3.73. The molecule has 0 aromatic rings. The molecule has 20 heavy (non-hydrogen) atoms. The lowest BCUT2D eigenvalue weighted by atomic mass is 9.94. The van der Waals surface area contributed by atoms with E-state index in [1.54, 1.807) is 4.90 Å². The van der Waals surface area contributed by atoms with E-state index in [2.05, 4.69) is 5.32 Å². The molecular weight excluding hydrogens is 264 g/mol. The van der Waals surface area contributed by atoms with Crippen LogP contribution in [0.2, 0.25) is 0 Å². The first-order valence-corrected chi connectivity index (χ1v) is 7.09. The number of aliphatic carboxylic acids is 1. The first-order chi connectivity index (χ1) is 9.65. The molecule has 2 saturated heterocycles. The summed E-state index contributed by atoms with van der Waals surface area (Å²) >= 11 is 0. The largest absolute Gasteiger partial charge is 0.481 e. The number of carbonyl (C=O) groups excluding carboxylic acids is 1. The van der Waals surface area contributed by atoms with Gasteiger partial charge in [0, 0.05) is 26.1 Å². The van der Waals surface area contributed by atoms with Crippen LogP contribution in [0.1, 0.15) is 19.3 Å². The highest BCUT2D eigenvalue weighted by Crippen LogP contribution is 2.20. The second-order valence-corrected chi connectivity index (χ2v) is 5.28. The zero-order valence-corrected chi connectivity index (χ0v) is 11.5. The summed E-state index contributed by atoms with van der Waals surface area (Å²) in [6, 6.07) is -0.104. The monoisotopic (exact) mass is 286 g/mol. The third kappa shape index (κ3) is 4.64. The molecule has 0 aromatic heterocycles. The molecule has 2 N–H and O–H groups in total. The molecule has 0 saturated carbocycles. The van der Waals surface area contributed by atoms with Crippen molar-refractivity contribution in [2.75, 3.05) is 39.5 Å². The maximum absolute atomic E-state index is 12.0. The van der Waals surface area contributed by atoms with Gasteiger partial charge >= 0.3 is 12.0 Å². The number of carbonyl (C=O) groups is 2. The minimum Gasteiger partial charge on any atom is -0.481 e. The van der Waals surface area contributed by atoms with Crippen molar-refractivity contribution in [1.29, 1.82) is 0 Å². The fourth-order valence-electron chi connectivity index (χ4n) is 2.55. The number of hydrogen-bond acceptors (Lipinski definition) is 4. The average molecular weight is 286 g/mol. The van der Waals surface area contributed by atoms with Crippen molar-refractivity contribution in [1.82, 2.24) is 10.2 Å². The van der Waals surface area contributed by atoms with Crippen molar-refractivity contribution in [3.63, 3.8) is 0 Å². The molecule has 2 heterocycles. The maximum atomic E-state index is 12.0.